The highest BCUT2D eigenvalue weighted by Gasteiger charge is 2.29. The molecule has 0 spiro atoms. The van der Waals surface area contributed by atoms with Crippen LogP contribution < -0.4 is 5.32 Å². The zero-order chi connectivity index (χ0) is 17.3. The summed E-state index contributed by atoms with van der Waals surface area (Å²) < 4.78 is 5.67. The number of aliphatic imine (C=N–C) groups is 1. The molecular formula is C18H21N3O2S. The van der Waals surface area contributed by atoms with E-state index in [0.717, 1.165) is 17.7 Å². The minimum absolute atomic E-state index is 0.00513. The highest BCUT2D eigenvalue weighted by atomic mass is 32.1. The number of hydrogen-bond acceptors (Lipinski definition) is 5. The molecule has 126 valence electrons. The number of aryl methyl sites for hydroxylation is 1. The van der Waals surface area contributed by atoms with Gasteiger partial charge in [-0.2, -0.15) is 0 Å². The van der Waals surface area contributed by atoms with E-state index < -0.39 is 0 Å². The van der Waals surface area contributed by atoms with Crippen LogP contribution in [0.2, 0.25) is 0 Å². The zero-order valence-electron chi connectivity index (χ0n) is 14.1. The summed E-state index contributed by atoms with van der Waals surface area (Å²) in [5, 5.41) is 5.18. The number of nitrogens with zero attached hydrogens (tertiary/aromatic N) is 2. The highest BCUT2D eigenvalue weighted by molar-refractivity contribution is 7.10. The Bertz CT molecular complexity index is 790. The van der Waals surface area contributed by atoms with Crippen LogP contribution in [0.1, 0.15) is 52.4 Å². The molecule has 1 N–H and O–H groups in total. The van der Waals surface area contributed by atoms with Crippen LogP contribution in [0, 0.1) is 6.92 Å². The number of rotatable bonds is 5. The van der Waals surface area contributed by atoms with Gasteiger partial charge in [-0.25, -0.2) is 4.99 Å². The van der Waals surface area contributed by atoms with E-state index in [4.69, 9.17) is 4.42 Å². The predicted octanol–water partition coefficient (Wildman–Crippen LogP) is 4.50. The number of amides is 1. The van der Waals surface area contributed by atoms with Gasteiger partial charge in [-0.1, -0.05) is 26.0 Å². The van der Waals surface area contributed by atoms with E-state index in [1.165, 1.54) is 0 Å². The molecule has 1 unspecified atom stereocenters. The first-order valence-corrected chi connectivity index (χ1v) is 8.84. The Labute approximate surface area is 145 Å². The van der Waals surface area contributed by atoms with Gasteiger partial charge < -0.3 is 14.6 Å². The molecule has 1 atom stereocenters. The number of carbonyl (C=O) groups excluding carboxylic acids is 1. The van der Waals surface area contributed by atoms with Crippen LogP contribution in [0.3, 0.4) is 0 Å². The molecule has 0 aliphatic carbocycles. The lowest BCUT2D eigenvalue weighted by atomic mass is 10.0. The lowest BCUT2D eigenvalue weighted by molar-refractivity contribution is 0.0933. The van der Waals surface area contributed by atoms with Crippen molar-refractivity contribution in [1.29, 1.82) is 0 Å². The third-order valence-electron chi connectivity index (χ3n) is 4.12. The van der Waals surface area contributed by atoms with Gasteiger partial charge in [-0.15, -0.1) is 11.3 Å². The number of thiophene rings is 1. The minimum atomic E-state index is -0.143. The van der Waals surface area contributed by atoms with Crippen molar-refractivity contribution < 1.29 is 9.21 Å². The van der Waals surface area contributed by atoms with Crippen molar-refractivity contribution in [1.82, 2.24) is 10.2 Å². The minimum Gasteiger partial charge on any atom is -0.442 e. The predicted molar refractivity (Wildman–Crippen MR) is 97.8 cm³/mol. The maximum absolute atomic E-state index is 13.0. The van der Waals surface area contributed by atoms with Gasteiger partial charge >= 0.3 is 0 Å². The average molecular weight is 343 g/mol. The molecule has 1 aliphatic rings. The molecule has 2 aromatic rings. The molecule has 0 saturated heterocycles. The number of nitrogens with one attached hydrogen (secondary N) is 1. The molecule has 24 heavy (non-hydrogen) atoms. The Morgan fingerprint density at radius 1 is 1.54 bits per heavy atom. The molecule has 1 amide bonds. The van der Waals surface area contributed by atoms with E-state index in [9.17, 15) is 4.79 Å². The van der Waals surface area contributed by atoms with Crippen LogP contribution in [-0.4, -0.2) is 24.2 Å². The van der Waals surface area contributed by atoms with E-state index in [1.807, 2.05) is 18.5 Å². The summed E-state index contributed by atoms with van der Waals surface area (Å²) in [6.45, 7) is 7.96. The molecule has 0 bridgehead atoms. The molecule has 1 aliphatic heterocycles. The first kappa shape index (κ1) is 16.5. The van der Waals surface area contributed by atoms with E-state index >= 15 is 0 Å². The summed E-state index contributed by atoms with van der Waals surface area (Å²) in [5.41, 5.74) is 1.91. The van der Waals surface area contributed by atoms with Crippen molar-refractivity contribution in [2.45, 2.75) is 32.7 Å². The van der Waals surface area contributed by atoms with Gasteiger partial charge in [0.25, 0.3) is 5.91 Å². The third kappa shape index (κ3) is 2.89. The normalized spacial score (nSPS) is 14.6. The van der Waals surface area contributed by atoms with Crippen LogP contribution in [0.25, 0.3) is 5.70 Å². The lowest BCUT2D eigenvalue weighted by Gasteiger charge is -2.21. The molecule has 3 heterocycles. The van der Waals surface area contributed by atoms with E-state index in [1.54, 1.807) is 29.5 Å². The van der Waals surface area contributed by atoms with Crippen LogP contribution in [0.15, 0.2) is 33.5 Å². The Morgan fingerprint density at radius 2 is 2.33 bits per heavy atom. The van der Waals surface area contributed by atoms with E-state index in [0.29, 0.717) is 28.5 Å². The van der Waals surface area contributed by atoms with Gasteiger partial charge in [0.1, 0.15) is 5.76 Å². The van der Waals surface area contributed by atoms with Gasteiger partial charge in [-0.05, 0) is 24.8 Å². The van der Waals surface area contributed by atoms with Crippen molar-refractivity contribution in [2.24, 2.45) is 4.99 Å². The van der Waals surface area contributed by atoms with Gasteiger partial charge in [0.05, 0.1) is 23.5 Å². The molecule has 3 rings (SSSR count). The molecule has 0 radical (unpaired) electrons. The summed E-state index contributed by atoms with van der Waals surface area (Å²) in [7, 11) is 1.85. The number of fused-ring (bicyclic) bond motifs is 1. The van der Waals surface area contributed by atoms with Crippen molar-refractivity contribution >= 4 is 35.2 Å². The number of furan rings is 1. The molecule has 0 aromatic carbocycles. The molecular weight excluding hydrogens is 322 g/mol. The van der Waals surface area contributed by atoms with Gasteiger partial charge in [0, 0.05) is 17.6 Å². The van der Waals surface area contributed by atoms with Crippen LogP contribution in [0.5, 0.6) is 0 Å². The average Bonchev–Trinajstić information content (AvgIpc) is 3.18. The van der Waals surface area contributed by atoms with Gasteiger partial charge in [-0.3, -0.25) is 4.79 Å². The van der Waals surface area contributed by atoms with Gasteiger partial charge in [0.2, 0.25) is 5.88 Å². The molecule has 0 fully saturated rings. The van der Waals surface area contributed by atoms with Crippen molar-refractivity contribution in [3.05, 3.63) is 45.9 Å². The summed E-state index contributed by atoms with van der Waals surface area (Å²) >= 11 is 1.66. The second kappa shape index (κ2) is 6.65. The SMILES string of the molecule is C=C1c2c(oc(C)c2C(=O)NC(CCC)c2cccs2)N=CN1C. The molecule has 0 saturated carbocycles. The second-order valence-electron chi connectivity index (χ2n) is 5.85. The third-order valence-corrected chi connectivity index (χ3v) is 5.11. The van der Waals surface area contributed by atoms with Crippen molar-refractivity contribution in [3.8, 4) is 0 Å². The number of hydrogen-bond donors (Lipinski definition) is 1. The first-order valence-electron chi connectivity index (χ1n) is 7.96. The number of carbonyl (C=O) groups is 1. The maximum Gasteiger partial charge on any atom is 0.256 e. The summed E-state index contributed by atoms with van der Waals surface area (Å²) in [4.78, 5) is 20.2. The van der Waals surface area contributed by atoms with E-state index in [2.05, 4.69) is 29.9 Å². The summed E-state index contributed by atoms with van der Waals surface area (Å²) in [5.74, 6) is 0.868. The van der Waals surface area contributed by atoms with Gasteiger partial charge in [0.15, 0.2) is 0 Å². The van der Waals surface area contributed by atoms with E-state index in [-0.39, 0.29) is 11.9 Å². The Balaban J connectivity index is 1.92. The second-order valence-corrected chi connectivity index (χ2v) is 6.82. The fourth-order valence-electron chi connectivity index (χ4n) is 2.84. The topological polar surface area (TPSA) is 57.8 Å². The fourth-order valence-corrected chi connectivity index (χ4v) is 3.65. The maximum atomic E-state index is 13.0. The quantitative estimate of drug-likeness (QED) is 0.870. The first-order chi connectivity index (χ1) is 11.5. The monoisotopic (exact) mass is 343 g/mol. The summed E-state index contributed by atoms with van der Waals surface area (Å²) in [6, 6.07) is 4.07. The lowest BCUT2D eigenvalue weighted by Crippen LogP contribution is -2.29. The molecule has 5 nitrogen and oxygen atoms in total. The largest absolute Gasteiger partial charge is 0.442 e. The smallest absolute Gasteiger partial charge is 0.256 e. The Kier molecular flexibility index (Phi) is 4.57. The Hall–Kier alpha value is -2.34. The van der Waals surface area contributed by atoms with Crippen LogP contribution >= 0.6 is 11.3 Å². The molecule has 2 aromatic heterocycles. The van der Waals surface area contributed by atoms with Crippen molar-refractivity contribution in [2.75, 3.05) is 7.05 Å². The standard InChI is InChI=1S/C18H21N3O2S/c1-5-7-13(14-8-6-9-24-14)20-17(22)16-12(3)23-18-15(16)11(2)21(4)10-19-18/h6,8-10,13H,2,5,7H2,1,3-4H3,(H,20,22). The highest BCUT2D eigenvalue weighted by Crippen LogP contribution is 2.38. The van der Waals surface area contributed by atoms with Crippen LogP contribution in [0.4, 0.5) is 5.88 Å². The Morgan fingerprint density at radius 3 is 3.00 bits per heavy atom. The van der Waals surface area contributed by atoms with Crippen molar-refractivity contribution in [3.63, 3.8) is 0 Å². The molecule has 6 heteroatoms. The summed E-state index contributed by atoms with van der Waals surface area (Å²) in [6.07, 6.45) is 3.52. The van der Waals surface area contributed by atoms with Crippen LogP contribution in [-0.2, 0) is 0 Å². The zero-order valence-corrected chi connectivity index (χ0v) is 14.9. The fraction of sp³-hybridized carbons (Fsp3) is 0.333.